The van der Waals surface area contributed by atoms with Crippen molar-refractivity contribution in [1.82, 2.24) is 15.0 Å². The molecule has 0 radical (unpaired) electrons. The van der Waals surface area contributed by atoms with Crippen LogP contribution in [0.2, 0.25) is 0 Å². The minimum absolute atomic E-state index is 0.0220. The Hall–Kier alpha value is -3.05. The number of hydrogen-bond donors (Lipinski definition) is 3. The fourth-order valence-electron chi connectivity index (χ4n) is 4.37. The number of halogens is 3. The fraction of sp³-hybridized carbons (Fsp3) is 0.417. The standard InChI is InChI=1S/C24H25F3N4O3S/c1-13-9-17(30-20(10-13)31-19-11-16(7-8-28-19)24(25,26)27)18-12-29-22(35-18)23(2,34)15-5-3-14(4-6-15)21(32)33/h7-12,14-15,34H,3-6H2,1-2H3,(H,32,33)(H,28,30,31)/t14-,15-,23?. The van der Waals surface area contributed by atoms with Crippen LogP contribution in [0.4, 0.5) is 24.8 Å². The van der Waals surface area contributed by atoms with Crippen LogP contribution in [0, 0.1) is 18.8 Å². The number of aryl methyl sites for hydroxylation is 1. The Labute approximate surface area is 204 Å². The molecule has 3 N–H and O–H groups in total. The lowest BCUT2D eigenvalue weighted by molar-refractivity contribution is -0.144. The van der Waals surface area contributed by atoms with Gasteiger partial charge in [-0.15, -0.1) is 11.3 Å². The van der Waals surface area contributed by atoms with E-state index < -0.39 is 23.3 Å². The summed E-state index contributed by atoms with van der Waals surface area (Å²) in [5.41, 5.74) is -0.624. The maximum atomic E-state index is 13.0. The molecule has 0 aromatic carbocycles. The highest BCUT2D eigenvalue weighted by molar-refractivity contribution is 7.15. The number of nitrogens with one attached hydrogen (secondary N) is 1. The predicted molar refractivity (Wildman–Crippen MR) is 125 cm³/mol. The lowest BCUT2D eigenvalue weighted by Gasteiger charge is -2.35. The first-order valence-electron chi connectivity index (χ1n) is 11.1. The van der Waals surface area contributed by atoms with E-state index >= 15 is 0 Å². The third-order valence-electron chi connectivity index (χ3n) is 6.38. The molecule has 35 heavy (non-hydrogen) atoms. The van der Waals surface area contributed by atoms with Gasteiger partial charge in [0.1, 0.15) is 22.2 Å². The molecule has 0 aliphatic heterocycles. The van der Waals surface area contributed by atoms with Gasteiger partial charge in [0.15, 0.2) is 0 Å². The molecule has 186 valence electrons. The van der Waals surface area contributed by atoms with Crippen LogP contribution in [0.5, 0.6) is 0 Å². The van der Waals surface area contributed by atoms with Crippen molar-refractivity contribution in [2.45, 2.75) is 51.3 Å². The molecule has 11 heteroatoms. The first-order chi connectivity index (χ1) is 16.4. The third-order valence-corrected chi connectivity index (χ3v) is 7.62. The summed E-state index contributed by atoms with van der Waals surface area (Å²) in [6.45, 7) is 3.55. The Balaban J connectivity index is 1.54. The normalized spacial score (nSPS) is 20.3. The zero-order chi connectivity index (χ0) is 25.4. The summed E-state index contributed by atoms with van der Waals surface area (Å²) < 4.78 is 39.1. The number of rotatable bonds is 6. The summed E-state index contributed by atoms with van der Waals surface area (Å²) in [4.78, 5) is 24.8. The number of alkyl halides is 3. The first kappa shape index (κ1) is 25.1. The van der Waals surface area contributed by atoms with E-state index in [1.807, 2.05) is 13.0 Å². The Morgan fingerprint density at radius 2 is 1.83 bits per heavy atom. The molecule has 3 aromatic heterocycles. The molecule has 1 fully saturated rings. The quantitative estimate of drug-likeness (QED) is 0.390. The van der Waals surface area contributed by atoms with E-state index in [1.54, 1.807) is 19.2 Å². The van der Waals surface area contributed by atoms with Crippen LogP contribution >= 0.6 is 11.3 Å². The van der Waals surface area contributed by atoms with E-state index in [-0.39, 0.29) is 17.7 Å². The number of carbonyl (C=O) groups is 1. The highest BCUT2D eigenvalue weighted by Gasteiger charge is 2.40. The van der Waals surface area contributed by atoms with Crippen molar-refractivity contribution in [3.63, 3.8) is 0 Å². The number of thiazole rings is 1. The fourth-order valence-corrected chi connectivity index (χ4v) is 5.37. The Bertz CT molecular complexity index is 1220. The predicted octanol–water partition coefficient (Wildman–Crippen LogP) is 5.77. The van der Waals surface area contributed by atoms with Crippen LogP contribution in [-0.2, 0) is 16.6 Å². The van der Waals surface area contributed by atoms with Crippen molar-refractivity contribution in [2.24, 2.45) is 11.8 Å². The molecule has 3 heterocycles. The largest absolute Gasteiger partial charge is 0.481 e. The van der Waals surface area contributed by atoms with E-state index in [1.165, 1.54) is 11.3 Å². The number of aliphatic carboxylic acids is 1. The maximum Gasteiger partial charge on any atom is 0.416 e. The van der Waals surface area contributed by atoms with Crippen molar-refractivity contribution in [3.8, 4) is 10.6 Å². The smallest absolute Gasteiger partial charge is 0.416 e. The summed E-state index contributed by atoms with van der Waals surface area (Å²) in [6, 6.07) is 5.35. The molecule has 1 atom stereocenters. The number of nitrogens with zero attached hydrogens (tertiary/aromatic N) is 3. The zero-order valence-electron chi connectivity index (χ0n) is 19.1. The van der Waals surface area contributed by atoms with Gasteiger partial charge in [-0.1, -0.05) is 0 Å². The molecule has 1 aliphatic rings. The van der Waals surface area contributed by atoms with Crippen molar-refractivity contribution in [1.29, 1.82) is 0 Å². The molecule has 4 rings (SSSR count). The molecule has 0 spiro atoms. The van der Waals surface area contributed by atoms with Crippen LogP contribution < -0.4 is 5.32 Å². The van der Waals surface area contributed by atoms with Crippen molar-refractivity contribution in [3.05, 3.63) is 52.8 Å². The molecule has 1 unspecified atom stereocenters. The lowest BCUT2D eigenvalue weighted by Crippen LogP contribution is -2.35. The van der Waals surface area contributed by atoms with E-state index in [4.69, 9.17) is 0 Å². The Morgan fingerprint density at radius 1 is 1.11 bits per heavy atom. The van der Waals surface area contributed by atoms with Gasteiger partial charge in [-0.05, 0) is 75.3 Å². The molecule has 3 aromatic rings. The minimum Gasteiger partial charge on any atom is -0.481 e. The van der Waals surface area contributed by atoms with Gasteiger partial charge >= 0.3 is 12.1 Å². The van der Waals surface area contributed by atoms with Crippen LogP contribution in [0.25, 0.3) is 10.6 Å². The van der Waals surface area contributed by atoms with Crippen LogP contribution in [0.3, 0.4) is 0 Å². The van der Waals surface area contributed by atoms with Gasteiger partial charge in [0.2, 0.25) is 0 Å². The number of anilines is 2. The zero-order valence-corrected chi connectivity index (χ0v) is 20.0. The van der Waals surface area contributed by atoms with Crippen molar-refractivity contribution < 1.29 is 28.2 Å². The van der Waals surface area contributed by atoms with Gasteiger partial charge in [-0.3, -0.25) is 4.79 Å². The maximum absolute atomic E-state index is 13.0. The molecule has 7 nitrogen and oxygen atoms in total. The van der Waals surface area contributed by atoms with Crippen LogP contribution in [-0.4, -0.2) is 31.1 Å². The van der Waals surface area contributed by atoms with Gasteiger partial charge in [0.25, 0.3) is 0 Å². The number of hydrogen-bond acceptors (Lipinski definition) is 7. The van der Waals surface area contributed by atoms with Gasteiger partial charge in [-0.2, -0.15) is 13.2 Å². The van der Waals surface area contributed by atoms with E-state index in [2.05, 4.69) is 20.3 Å². The first-order valence-corrected chi connectivity index (χ1v) is 12.0. The molecule has 0 saturated heterocycles. The van der Waals surface area contributed by atoms with Crippen molar-refractivity contribution >= 4 is 28.9 Å². The van der Waals surface area contributed by atoms with Crippen molar-refractivity contribution in [2.75, 3.05) is 5.32 Å². The van der Waals surface area contributed by atoms with Crippen LogP contribution in [0.15, 0.2) is 36.7 Å². The number of carboxylic acid groups (broad SMARTS) is 1. The number of aliphatic hydroxyl groups is 1. The monoisotopic (exact) mass is 506 g/mol. The molecular weight excluding hydrogens is 481 g/mol. The summed E-state index contributed by atoms with van der Waals surface area (Å²) >= 11 is 1.29. The highest BCUT2D eigenvalue weighted by atomic mass is 32.1. The topological polar surface area (TPSA) is 108 Å². The summed E-state index contributed by atoms with van der Waals surface area (Å²) in [6.07, 6.45) is 0.459. The summed E-state index contributed by atoms with van der Waals surface area (Å²) in [5.74, 6) is -0.918. The second-order valence-corrected chi connectivity index (χ2v) is 10.1. The van der Waals surface area contributed by atoms with Gasteiger partial charge in [0, 0.05) is 12.4 Å². The third kappa shape index (κ3) is 5.62. The number of carboxylic acids is 1. The van der Waals surface area contributed by atoms with Gasteiger partial charge in [-0.25, -0.2) is 15.0 Å². The Kier molecular flexibility index (Phi) is 6.83. The summed E-state index contributed by atoms with van der Waals surface area (Å²) in [5, 5.41) is 23.8. The minimum atomic E-state index is -4.48. The molecule has 1 saturated carbocycles. The SMILES string of the molecule is Cc1cc(Nc2cc(C(F)(F)F)ccn2)nc(-c2cnc(C(C)(O)[C@H]3CC[C@H](C(=O)O)CC3)s2)c1. The van der Waals surface area contributed by atoms with Crippen LogP contribution in [0.1, 0.15) is 48.7 Å². The molecule has 0 bridgehead atoms. The average molecular weight is 507 g/mol. The lowest BCUT2D eigenvalue weighted by atomic mass is 9.74. The number of aromatic nitrogens is 3. The molecular formula is C24H25F3N4O3S. The summed E-state index contributed by atoms with van der Waals surface area (Å²) in [7, 11) is 0. The second kappa shape index (κ2) is 9.54. The Morgan fingerprint density at radius 3 is 2.49 bits per heavy atom. The second-order valence-electron chi connectivity index (χ2n) is 9.03. The molecule has 1 aliphatic carbocycles. The van der Waals surface area contributed by atoms with E-state index in [0.717, 1.165) is 23.9 Å². The average Bonchev–Trinajstić information content (AvgIpc) is 3.30. The molecule has 0 amide bonds. The van der Waals surface area contributed by atoms with Gasteiger partial charge < -0.3 is 15.5 Å². The highest BCUT2D eigenvalue weighted by Crippen LogP contribution is 2.43. The van der Waals surface area contributed by atoms with E-state index in [0.29, 0.717) is 47.1 Å². The number of pyridine rings is 2. The van der Waals surface area contributed by atoms with Gasteiger partial charge in [0.05, 0.1) is 22.1 Å². The van der Waals surface area contributed by atoms with E-state index in [9.17, 15) is 28.2 Å².